The summed E-state index contributed by atoms with van der Waals surface area (Å²) in [5.74, 6) is 1.48. The van der Waals surface area contributed by atoms with E-state index in [1.807, 2.05) is 0 Å². The molecule has 1 aromatic carbocycles. The molecule has 1 fully saturated rings. The molecule has 1 aromatic heterocycles. The van der Waals surface area contributed by atoms with E-state index in [1.165, 1.54) is 23.9 Å². The molecular formula is C12H15N3. The second-order valence-electron chi connectivity index (χ2n) is 4.52. The van der Waals surface area contributed by atoms with Crippen LogP contribution in [0, 0.1) is 12.8 Å². The van der Waals surface area contributed by atoms with Crippen LogP contribution in [-0.2, 0) is 6.54 Å². The van der Waals surface area contributed by atoms with Crippen molar-refractivity contribution in [3.63, 3.8) is 0 Å². The van der Waals surface area contributed by atoms with E-state index in [4.69, 9.17) is 5.73 Å². The molecule has 1 saturated carbocycles. The molecule has 0 spiro atoms. The summed E-state index contributed by atoms with van der Waals surface area (Å²) in [4.78, 5) is 4.40. The lowest BCUT2D eigenvalue weighted by Gasteiger charge is -2.04. The van der Waals surface area contributed by atoms with E-state index in [0.29, 0.717) is 5.95 Å². The Morgan fingerprint density at radius 2 is 2.27 bits per heavy atom. The topological polar surface area (TPSA) is 43.8 Å². The third kappa shape index (κ3) is 1.48. The van der Waals surface area contributed by atoms with Crippen LogP contribution in [0.25, 0.3) is 11.0 Å². The molecule has 3 heteroatoms. The number of hydrogen-bond donors (Lipinski definition) is 1. The number of anilines is 1. The minimum atomic E-state index is 0.655. The molecule has 1 heterocycles. The van der Waals surface area contributed by atoms with Gasteiger partial charge in [0.2, 0.25) is 5.95 Å². The van der Waals surface area contributed by atoms with Gasteiger partial charge in [0.25, 0.3) is 0 Å². The van der Waals surface area contributed by atoms with Gasteiger partial charge in [-0.25, -0.2) is 4.98 Å². The van der Waals surface area contributed by atoms with Crippen LogP contribution in [0.3, 0.4) is 0 Å². The number of nitrogens with two attached hydrogens (primary N) is 1. The molecule has 2 aromatic rings. The molecule has 0 radical (unpaired) electrons. The Balaban J connectivity index is 2.13. The first-order valence-electron chi connectivity index (χ1n) is 5.46. The molecule has 0 amide bonds. The van der Waals surface area contributed by atoms with Crippen LogP contribution in [-0.4, -0.2) is 9.55 Å². The number of benzene rings is 1. The van der Waals surface area contributed by atoms with Crippen LogP contribution < -0.4 is 5.73 Å². The zero-order valence-corrected chi connectivity index (χ0v) is 8.90. The SMILES string of the molecule is Cc1ccc2c(c1)nc(N)n2CC1CC1. The molecule has 78 valence electrons. The smallest absolute Gasteiger partial charge is 0.201 e. The van der Waals surface area contributed by atoms with E-state index in [0.717, 1.165) is 18.0 Å². The van der Waals surface area contributed by atoms with E-state index in [-0.39, 0.29) is 0 Å². The number of imidazole rings is 1. The van der Waals surface area contributed by atoms with E-state index >= 15 is 0 Å². The van der Waals surface area contributed by atoms with Gasteiger partial charge in [-0.3, -0.25) is 0 Å². The molecule has 0 bridgehead atoms. The van der Waals surface area contributed by atoms with Crippen molar-refractivity contribution in [1.29, 1.82) is 0 Å². The Labute approximate surface area is 88.9 Å². The summed E-state index contributed by atoms with van der Waals surface area (Å²) in [7, 11) is 0. The second-order valence-corrected chi connectivity index (χ2v) is 4.52. The number of nitrogens with zero attached hydrogens (tertiary/aromatic N) is 2. The molecule has 3 rings (SSSR count). The van der Waals surface area contributed by atoms with E-state index in [2.05, 4.69) is 34.7 Å². The molecule has 0 unspecified atom stereocenters. The Morgan fingerprint density at radius 1 is 1.47 bits per heavy atom. The molecular weight excluding hydrogens is 186 g/mol. The van der Waals surface area contributed by atoms with Gasteiger partial charge in [0.15, 0.2) is 0 Å². The number of rotatable bonds is 2. The Morgan fingerprint density at radius 3 is 3.00 bits per heavy atom. The van der Waals surface area contributed by atoms with E-state index in [1.54, 1.807) is 0 Å². The van der Waals surface area contributed by atoms with Crippen molar-refractivity contribution in [3.8, 4) is 0 Å². The largest absolute Gasteiger partial charge is 0.369 e. The fourth-order valence-electron chi connectivity index (χ4n) is 2.01. The normalized spacial score (nSPS) is 16.1. The lowest BCUT2D eigenvalue weighted by molar-refractivity contribution is 0.650. The lowest BCUT2D eigenvalue weighted by atomic mass is 10.2. The molecule has 0 saturated heterocycles. The highest BCUT2D eigenvalue weighted by atomic mass is 15.2. The van der Waals surface area contributed by atoms with Crippen LogP contribution in [0.1, 0.15) is 18.4 Å². The first-order valence-corrected chi connectivity index (χ1v) is 5.46. The quantitative estimate of drug-likeness (QED) is 0.810. The van der Waals surface area contributed by atoms with Crippen LogP contribution in [0.15, 0.2) is 18.2 Å². The summed E-state index contributed by atoms with van der Waals surface area (Å²) in [5.41, 5.74) is 9.36. The molecule has 0 atom stereocenters. The minimum Gasteiger partial charge on any atom is -0.369 e. The van der Waals surface area contributed by atoms with Crippen molar-refractivity contribution >= 4 is 17.0 Å². The molecule has 3 nitrogen and oxygen atoms in total. The number of fused-ring (bicyclic) bond motifs is 1. The highest BCUT2D eigenvalue weighted by Gasteiger charge is 2.23. The standard InChI is InChI=1S/C12H15N3/c1-8-2-5-11-10(6-8)14-12(13)15(11)7-9-3-4-9/h2,5-6,9H,3-4,7H2,1H3,(H2,13,14). The fourth-order valence-corrected chi connectivity index (χ4v) is 2.01. The average Bonchev–Trinajstić information content (AvgIpc) is 2.93. The number of aromatic nitrogens is 2. The van der Waals surface area contributed by atoms with Gasteiger partial charge in [-0.05, 0) is 43.4 Å². The van der Waals surface area contributed by atoms with Gasteiger partial charge in [0.1, 0.15) is 0 Å². The zero-order chi connectivity index (χ0) is 10.4. The minimum absolute atomic E-state index is 0.655. The highest BCUT2D eigenvalue weighted by Crippen LogP contribution is 2.32. The maximum absolute atomic E-state index is 5.93. The maximum Gasteiger partial charge on any atom is 0.201 e. The van der Waals surface area contributed by atoms with Crippen LogP contribution in [0.5, 0.6) is 0 Å². The van der Waals surface area contributed by atoms with Crippen LogP contribution in [0.2, 0.25) is 0 Å². The van der Waals surface area contributed by atoms with Crippen LogP contribution in [0.4, 0.5) is 5.95 Å². The fraction of sp³-hybridized carbons (Fsp3) is 0.417. The predicted octanol–water partition coefficient (Wildman–Crippen LogP) is 2.34. The first-order chi connectivity index (χ1) is 7.24. The van der Waals surface area contributed by atoms with Crippen molar-refractivity contribution in [1.82, 2.24) is 9.55 Å². The Hall–Kier alpha value is -1.51. The number of aryl methyl sites for hydroxylation is 1. The molecule has 2 N–H and O–H groups in total. The number of hydrogen-bond acceptors (Lipinski definition) is 2. The monoisotopic (exact) mass is 201 g/mol. The summed E-state index contributed by atoms with van der Waals surface area (Å²) in [5, 5.41) is 0. The number of nitrogen functional groups attached to an aromatic ring is 1. The van der Waals surface area contributed by atoms with Crippen molar-refractivity contribution < 1.29 is 0 Å². The van der Waals surface area contributed by atoms with Gasteiger partial charge in [-0.2, -0.15) is 0 Å². The van der Waals surface area contributed by atoms with Gasteiger partial charge in [-0.1, -0.05) is 6.07 Å². The third-order valence-electron chi connectivity index (χ3n) is 3.07. The Kier molecular flexibility index (Phi) is 1.75. The summed E-state index contributed by atoms with van der Waals surface area (Å²) in [6.45, 7) is 3.11. The molecule has 1 aliphatic carbocycles. The summed E-state index contributed by atoms with van der Waals surface area (Å²) in [6.07, 6.45) is 2.68. The van der Waals surface area contributed by atoms with Crippen molar-refractivity contribution in [3.05, 3.63) is 23.8 Å². The average molecular weight is 201 g/mol. The molecule has 15 heavy (non-hydrogen) atoms. The zero-order valence-electron chi connectivity index (χ0n) is 8.90. The van der Waals surface area contributed by atoms with Crippen molar-refractivity contribution in [2.75, 3.05) is 5.73 Å². The third-order valence-corrected chi connectivity index (χ3v) is 3.07. The van der Waals surface area contributed by atoms with Gasteiger partial charge in [-0.15, -0.1) is 0 Å². The van der Waals surface area contributed by atoms with Gasteiger partial charge in [0, 0.05) is 6.54 Å². The summed E-state index contributed by atoms with van der Waals surface area (Å²) in [6, 6.07) is 6.33. The van der Waals surface area contributed by atoms with Crippen molar-refractivity contribution in [2.24, 2.45) is 5.92 Å². The van der Waals surface area contributed by atoms with Crippen molar-refractivity contribution in [2.45, 2.75) is 26.3 Å². The Bertz CT molecular complexity index is 509. The van der Waals surface area contributed by atoms with Gasteiger partial charge in [0.05, 0.1) is 11.0 Å². The van der Waals surface area contributed by atoms with E-state index < -0.39 is 0 Å². The summed E-state index contributed by atoms with van der Waals surface area (Å²) >= 11 is 0. The predicted molar refractivity (Wildman–Crippen MR) is 61.6 cm³/mol. The molecule has 1 aliphatic rings. The first kappa shape index (κ1) is 8.77. The second kappa shape index (κ2) is 2.99. The lowest BCUT2D eigenvalue weighted by Crippen LogP contribution is -2.04. The van der Waals surface area contributed by atoms with Gasteiger partial charge < -0.3 is 10.3 Å². The van der Waals surface area contributed by atoms with E-state index in [9.17, 15) is 0 Å². The summed E-state index contributed by atoms with van der Waals surface area (Å²) < 4.78 is 2.15. The maximum atomic E-state index is 5.93. The molecule has 0 aliphatic heterocycles. The van der Waals surface area contributed by atoms with Crippen LogP contribution >= 0.6 is 0 Å². The van der Waals surface area contributed by atoms with Gasteiger partial charge >= 0.3 is 0 Å². The highest BCUT2D eigenvalue weighted by molar-refractivity contribution is 5.79.